The molecule has 0 spiro atoms. The molecule has 9 heteroatoms. The van der Waals surface area contributed by atoms with Crippen molar-refractivity contribution in [3.05, 3.63) is 71.0 Å². The van der Waals surface area contributed by atoms with Crippen molar-refractivity contribution in [3.8, 4) is 0 Å². The number of hydrogen-bond acceptors (Lipinski definition) is 4. The van der Waals surface area contributed by atoms with E-state index in [-0.39, 0.29) is 11.8 Å². The molecule has 3 rings (SSSR count). The smallest absolute Gasteiger partial charge is 0.248 e. The van der Waals surface area contributed by atoms with Gasteiger partial charge in [0.2, 0.25) is 11.8 Å². The molecule has 2 atom stereocenters. The number of thioether (sulfide) groups is 1. The number of nitrogens with one attached hydrogen (secondary N) is 2. The number of rotatable bonds is 7. The standard InChI is InChI=1S/C21H20Cl2N4O2S/c1-13(27-10-4-9-24-27)20(28)25-16-5-3-6-17(12-16)26-21(29)14(2)30-19-11-15(22)7-8-18(19)23/h3-14H,1-2H3,(H,25,28)(H,26,29). The van der Waals surface area contributed by atoms with Gasteiger partial charge in [-0.1, -0.05) is 29.3 Å². The summed E-state index contributed by atoms with van der Waals surface area (Å²) in [5, 5.41) is 10.5. The van der Waals surface area contributed by atoms with Gasteiger partial charge in [-0.25, -0.2) is 0 Å². The number of hydrogen-bond donors (Lipinski definition) is 2. The fraction of sp³-hybridized carbons (Fsp3) is 0.190. The lowest BCUT2D eigenvalue weighted by atomic mass is 10.2. The SMILES string of the molecule is CC(Sc1cc(Cl)ccc1Cl)C(=O)Nc1cccc(NC(=O)C(C)n2cccn2)c1. The molecule has 6 nitrogen and oxygen atoms in total. The number of amides is 2. The summed E-state index contributed by atoms with van der Waals surface area (Å²) >= 11 is 13.5. The summed E-state index contributed by atoms with van der Waals surface area (Å²) in [7, 11) is 0. The van der Waals surface area contributed by atoms with Crippen LogP contribution in [0.4, 0.5) is 11.4 Å². The maximum atomic E-state index is 12.6. The molecule has 2 amide bonds. The summed E-state index contributed by atoms with van der Waals surface area (Å²) in [6.07, 6.45) is 3.35. The zero-order valence-corrected chi connectivity index (χ0v) is 18.6. The average Bonchev–Trinajstić information content (AvgIpc) is 3.25. The highest BCUT2D eigenvalue weighted by Crippen LogP contribution is 2.33. The Labute approximate surface area is 188 Å². The maximum absolute atomic E-state index is 12.6. The lowest BCUT2D eigenvalue weighted by molar-refractivity contribution is -0.119. The van der Waals surface area contributed by atoms with Crippen LogP contribution in [0.2, 0.25) is 10.0 Å². The van der Waals surface area contributed by atoms with Crippen LogP contribution in [0.1, 0.15) is 19.9 Å². The van der Waals surface area contributed by atoms with Gasteiger partial charge in [-0.05, 0) is 56.3 Å². The fourth-order valence-corrected chi connectivity index (χ4v) is 4.02. The molecule has 0 saturated heterocycles. The van der Waals surface area contributed by atoms with Gasteiger partial charge >= 0.3 is 0 Å². The van der Waals surface area contributed by atoms with E-state index in [9.17, 15) is 9.59 Å². The zero-order chi connectivity index (χ0) is 21.7. The van der Waals surface area contributed by atoms with Crippen LogP contribution in [0, 0.1) is 0 Å². The molecule has 156 valence electrons. The number of carbonyl (C=O) groups excluding carboxylic acids is 2. The quantitative estimate of drug-likeness (QED) is 0.453. The van der Waals surface area contributed by atoms with E-state index in [0.29, 0.717) is 21.4 Å². The molecule has 0 saturated carbocycles. The monoisotopic (exact) mass is 462 g/mol. The van der Waals surface area contributed by atoms with Crippen molar-refractivity contribution in [1.29, 1.82) is 0 Å². The maximum Gasteiger partial charge on any atom is 0.248 e. The zero-order valence-electron chi connectivity index (χ0n) is 16.3. The number of aromatic nitrogens is 2. The van der Waals surface area contributed by atoms with Crippen molar-refractivity contribution in [3.63, 3.8) is 0 Å². The molecule has 1 aromatic heterocycles. The first-order valence-corrected chi connectivity index (χ1v) is 10.8. The van der Waals surface area contributed by atoms with E-state index in [2.05, 4.69) is 15.7 Å². The van der Waals surface area contributed by atoms with Crippen LogP contribution >= 0.6 is 35.0 Å². The summed E-state index contributed by atoms with van der Waals surface area (Å²) in [6, 6.07) is 13.4. The molecule has 0 radical (unpaired) electrons. The van der Waals surface area contributed by atoms with Crippen LogP contribution in [0.5, 0.6) is 0 Å². The summed E-state index contributed by atoms with van der Waals surface area (Å²) in [6.45, 7) is 3.54. The van der Waals surface area contributed by atoms with E-state index >= 15 is 0 Å². The summed E-state index contributed by atoms with van der Waals surface area (Å²) < 4.78 is 1.57. The first-order valence-electron chi connectivity index (χ1n) is 9.16. The molecular formula is C21H20Cl2N4O2S. The molecule has 3 aromatic rings. The van der Waals surface area contributed by atoms with E-state index in [4.69, 9.17) is 23.2 Å². The van der Waals surface area contributed by atoms with Gasteiger partial charge in [0.1, 0.15) is 6.04 Å². The Balaban J connectivity index is 1.62. The van der Waals surface area contributed by atoms with Gasteiger partial charge in [0.15, 0.2) is 0 Å². The number of halogens is 2. The molecule has 0 aliphatic heterocycles. The van der Waals surface area contributed by atoms with Crippen LogP contribution in [0.15, 0.2) is 65.8 Å². The Morgan fingerprint density at radius 2 is 1.70 bits per heavy atom. The van der Waals surface area contributed by atoms with Crippen LogP contribution in [-0.4, -0.2) is 26.8 Å². The van der Waals surface area contributed by atoms with E-state index in [1.54, 1.807) is 79.5 Å². The number of benzene rings is 2. The summed E-state index contributed by atoms with van der Waals surface area (Å²) in [5.74, 6) is -0.397. The van der Waals surface area contributed by atoms with Gasteiger partial charge in [0.05, 0.1) is 10.3 Å². The van der Waals surface area contributed by atoms with Gasteiger partial charge in [-0.15, -0.1) is 11.8 Å². The molecule has 0 aliphatic carbocycles. The molecule has 0 fully saturated rings. The predicted molar refractivity (Wildman–Crippen MR) is 122 cm³/mol. The Morgan fingerprint density at radius 3 is 2.37 bits per heavy atom. The third-order valence-corrected chi connectivity index (χ3v) is 6.10. The second-order valence-electron chi connectivity index (χ2n) is 6.56. The second kappa shape index (κ2) is 10.0. The minimum atomic E-state index is -0.461. The minimum absolute atomic E-state index is 0.190. The molecule has 2 aromatic carbocycles. The van der Waals surface area contributed by atoms with Crippen molar-refractivity contribution in [2.24, 2.45) is 0 Å². The summed E-state index contributed by atoms with van der Waals surface area (Å²) in [4.78, 5) is 25.8. The van der Waals surface area contributed by atoms with Crippen molar-refractivity contribution in [1.82, 2.24) is 9.78 Å². The van der Waals surface area contributed by atoms with E-state index in [1.165, 1.54) is 11.8 Å². The first kappa shape index (κ1) is 22.2. The highest BCUT2D eigenvalue weighted by atomic mass is 35.5. The van der Waals surface area contributed by atoms with Crippen LogP contribution in [0.25, 0.3) is 0 Å². The topological polar surface area (TPSA) is 76.0 Å². The van der Waals surface area contributed by atoms with E-state index < -0.39 is 11.3 Å². The molecule has 2 N–H and O–H groups in total. The largest absolute Gasteiger partial charge is 0.325 e. The second-order valence-corrected chi connectivity index (χ2v) is 8.78. The van der Waals surface area contributed by atoms with Crippen molar-refractivity contribution < 1.29 is 9.59 Å². The third kappa shape index (κ3) is 5.78. The molecular weight excluding hydrogens is 443 g/mol. The normalized spacial score (nSPS) is 12.8. The number of carbonyl (C=O) groups is 2. The molecule has 0 aliphatic rings. The first-order chi connectivity index (χ1) is 14.3. The Hall–Kier alpha value is -2.48. The lowest BCUT2D eigenvalue weighted by Crippen LogP contribution is -2.24. The Bertz CT molecular complexity index is 1040. The van der Waals surface area contributed by atoms with Crippen LogP contribution < -0.4 is 10.6 Å². The molecule has 1 heterocycles. The molecule has 0 bridgehead atoms. The Morgan fingerprint density at radius 1 is 1.00 bits per heavy atom. The summed E-state index contributed by atoms with van der Waals surface area (Å²) in [5.41, 5.74) is 1.16. The third-order valence-electron chi connectivity index (χ3n) is 4.26. The van der Waals surface area contributed by atoms with E-state index in [1.807, 2.05) is 0 Å². The van der Waals surface area contributed by atoms with Gasteiger partial charge in [0.25, 0.3) is 0 Å². The molecule has 30 heavy (non-hydrogen) atoms. The van der Waals surface area contributed by atoms with Crippen LogP contribution in [-0.2, 0) is 9.59 Å². The highest BCUT2D eigenvalue weighted by molar-refractivity contribution is 8.00. The van der Waals surface area contributed by atoms with Gasteiger partial charge < -0.3 is 10.6 Å². The van der Waals surface area contributed by atoms with Gasteiger partial charge in [0, 0.05) is 33.7 Å². The minimum Gasteiger partial charge on any atom is -0.325 e. The number of nitrogens with zero attached hydrogens (tertiary/aromatic N) is 2. The van der Waals surface area contributed by atoms with Crippen molar-refractivity contribution in [2.45, 2.75) is 30.0 Å². The van der Waals surface area contributed by atoms with Gasteiger partial charge in [-0.2, -0.15) is 5.10 Å². The lowest BCUT2D eigenvalue weighted by Gasteiger charge is -2.15. The van der Waals surface area contributed by atoms with Gasteiger partial charge in [-0.3, -0.25) is 14.3 Å². The predicted octanol–water partition coefficient (Wildman–Crippen LogP) is 5.51. The number of anilines is 2. The highest BCUT2D eigenvalue weighted by Gasteiger charge is 2.18. The van der Waals surface area contributed by atoms with Crippen molar-refractivity contribution >= 4 is 58.2 Å². The average molecular weight is 463 g/mol. The molecule has 2 unspecified atom stereocenters. The van der Waals surface area contributed by atoms with E-state index in [0.717, 1.165) is 4.90 Å². The van der Waals surface area contributed by atoms with Crippen LogP contribution in [0.3, 0.4) is 0 Å². The Kier molecular flexibility index (Phi) is 7.42. The fourth-order valence-electron chi connectivity index (χ4n) is 2.61. The van der Waals surface area contributed by atoms with Crippen molar-refractivity contribution in [2.75, 3.05) is 10.6 Å².